The zero-order chi connectivity index (χ0) is 19.9. The lowest BCUT2D eigenvalue weighted by molar-refractivity contribution is -0.142. The third kappa shape index (κ3) is 8.50. The first kappa shape index (κ1) is 21.5. The summed E-state index contributed by atoms with van der Waals surface area (Å²) in [4.78, 5) is 35.0. The van der Waals surface area contributed by atoms with E-state index in [-0.39, 0.29) is 18.2 Å². The van der Waals surface area contributed by atoms with Crippen LogP contribution in [0.1, 0.15) is 46.6 Å². The van der Waals surface area contributed by atoms with Gasteiger partial charge in [0.1, 0.15) is 11.6 Å². The van der Waals surface area contributed by atoms with E-state index in [2.05, 4.69) is 10.6 Å². The van der Waals surface area contributed by atoms with Gasteiger partial charge in [0, 0.05) is 5.69 Å². The average molecular weight is 364 g/mol. The molecule has 1 aromatic carbocycles. The van der Waals surface area contributed by atoms with Crippen molar-refractivity contribution in [1.29, 1.82) is 0 Å². The Morgan fingerprint density at radius 3 is 2.15 bits per heavy atom. The molecule has 0 radical (unpaired) electrons. The summed E-state index contributed by atoms with van der Waals surface area (Å²) in [6.07, 6.45) is -0.116. The first-order valence-corrected chi connectivity index (χ1v) is 8.57. The van der Waals surface area contributed by atoms with Crippen molar-refractivity contribution in [2.75, 3.05) is 5.32 Å². The van der Waals surface area contributed by atoms with Gasteiger partial charge in [-0.15, -0.1) is 0 Å². The molecule has 0 saturated carbocycles. The van der Waals surface area contributed by atoms with E-state index in [0.717, 1.165) is 0 Å². The molecule has 0 fully saturated rings. The molecule has 0 aliphatic heterocycles. The Balaban J connectivity index is 2.59. The van der Waals surface area contributed by atoms with Gasteiger partial charge >= 0.3 is 12.1 Å². The maximum Gasteiger partial charge on any atom is 0.412 e. The Morgan fingerprint density at radius 1 is 1.12 bits per heavy atom. The minimum atomic E-state index is -1.04. The quantitative estimate of drug-likeness (QED) is 0.689. The summed E-state index contributed by atoms with van der Waals surface area (Å²) in [7, 11) is 0. The SMILES string of the molecule is CC(C)C[C@H](NC(=O)Cc1ccc(NC(=O)OC(C)(C)C)cc1)C(=O)O. The van der Waals surface area contributed by atoms with E-state index in [1.54, 1.807) is 45.0 Å². The van der Waals surface area contributed by atoms with E-state index in [0.29, 0.717) is 17.7 Å². The van der Waals surface area contributed by atoms with Crippen molar-refractivity contribution in [2.45, 2.75) is 59.1 Å². The largest absolute Gasteiger partial charge is 0.480 e. The maximum atomic E-state index is 12.1. The Bertz CT molecular complexity index is 632. The van der Waals surface area contributed by atoms with Crippen molar-refractivity contribution in [1.82, 2.24) is 5.32 Å². The molecule has 0 spiro atoms. The molecule has 0 aliphatic carbocycles. The van der Waals surface area contributed by atoms with Gasteiger partial charge in [0.25, 0.3) is 0 Å². The highest BCUT2D eigenvalue weighted by Gasteiger charge is 2.21. The van der Waals surface area contributed by atoms with Gasteiger partial charge in [-0.1, -0.05) is 26.0 Å². The van der Waals surface area contributed by atoms with Crippen LogP contribution in [0.5, 0.6) is 0 Å². The number of aliphatic carboxylic acids is 1. The zero-order valence-corrected chi connectivity index (χ0v) is 16.0. The zero-order valence-electron chi connectivity index (χ0n) is 16.0. The molecule has 1 rings (SSSR count). The van der Waals surface area contributed by atoms with Crippen molar-refractivity contribution < 1.29 is 24.2 Å². The maximum absolute atomic E-state index is 12.1. The number of anilines is 1. The second kappa shape index (κ2) is 9.22. The van der Waals surface area contributed by atoms with Gasteiger partial charge in [0.05, 0.1) is 6.42 Å². The van der Waals surface area contributed by atoms with Crippen molar-refractivity contribution >= 4 is 23.7 Å². The molecule has 0 aromatic heterocycles. The normalized spacial score (nSPS) is 12.4. The van der Waals surface area contributed by atoms with Gasteiger partial charge in [-0.25, -0.2) is 9.59 Å². The van der Waals surface area contributed by atoms with Gasteiger partial charge in [-0.05, 0) is 50.8 Å². The van der Waals surface area contributed by atoms with E-state index in [9.17, 15) is 19.5 Å². The topological polar surface area (TPSA) is 105 Å². The van der Waals surface area contributed by atoms with E-state index < -0.39 is 23.7 Å². The number of carbonyl (C=O) groups excluding carboxylic acids is 2. The minimum absolute atomic E-state index is 0.0641. The van der Waals surface area contributed by atoms with E-state index in [4.69, 9.17) is 4.74 Å². The lowest BCUT2D eigenvalue weighted by Crippen LogP contribution is -2.42. The molecule has 2 amide bonds. The molecule has 0 saturated heterocycles. The summed E-state index contributed by atoms with van der Waals surface area (Å²) in [5, 5.41) is 14.3. The van der Waals surface area contributed by atoms with Crippen LogP contribution in [0.4, 0.5) is 10.5 Å². The first-order chi connectivity index (χ1) is 12.0. The average Bonchev–Trinajstić information content (AvgIpc) is 2.46. The third-order valence-corrected chi connectivity index (χ3v) is 3.30. The van der Waals surface area contributed by atoms with Gasteiger partial charge in [0.15, 0.2) is 0 Å². The molecule has 7 heteroatoms. The van der Waals surface area contributed by atoms with Gasteiger partial charge in [-0.2, -0.15) is 0 Å². The molecule has 1 atom stereocenters. The predicted molar refractivity (Wildman–Crippen MR) is 99.0 cm³/mol. The lowest BCUT2D eigenvalue weighted by atomic mass is 10.0. The monoisotopic (exact) mass is 364 g/mol. The van der Waals surface area contributed by atoms with Crippen LogP contribution < -0.4 is 10.6 Å². The molecule has 26 heavy (non-hydrogen) atoms. The van der Waals surface area contributed by atoms with Gasteiger partial charge in [0.2, 0.25) is 5.91 Å². The summed E-state index contributed by atoms with van der Waals surface area (Å²) < 4.78 is 5.16. The summed E-state index contributed by atoms with van der Waals surface area (Å²) in [6.45, 7) is 9.13. The molecule has 1 aromatic rings. The summed E-state index contributed by atoms with van der Waals surface area (Å²) in [5.41, 5.74) is 0.677. The molecule has 0 bridgehead atoms. The summed E-state index contributed by atoms with van der Waals surface area (Å²) in [6, 6.07) is 5.83. The molecule has 0 heterocycles. The fourth-order valence-corrected chi connectivity index (χ4v) is 2.25. The molecule has 7 nitrogen and oxygen atoms in total. The van der Waals surface area contributed by atoms with Crippen LogP contribution in [0, 0.1) is 5.92 Å². The van der Waals surface area contributed by atoms with E-state index >= 15 is 0 Å². The number of carbonyl (C=O) groups is 3. The smallest absolute Gasteiger partial charge is 0.412 e. The van der Waals surface area contributed by atoms with Gasteiger partial charge < -0.3 is 15.2 Å². The number of ether oxygens (including phenoxy) is 1. The number of rotatable bonds is 7. The van der Waals surface area contributed by atoms with Crippen molar-refractivity contribution in [3.05, 3.63) is 29.8 Å². The van der Waals surface area contributed by atoms with Crippen molar-refractivity contribution in [3.63, 3.8) is 0 Å². The Labute approximate surface area is 154 Å². The van der Waals surface area contributed by atoms with Crippen LogP contribution in [0.25, 0.3) is 0 Å². The summed E-state index contributed by atoms with van der Waals surface area (Å²) >= 11 is 0. The van der Waals surface area contributed by atoms with Crippen LogP contribution in [0.3, 0.4) is 0 Å². The molecular formula is C19H28N2O5. The van der Waals surface area contributed by atoms with Crippen LogP contribution >= 0.6 is 0 Å². The molecule has 3 N–H and O–H groups in total. The Morgan fingerprint density at radius 2 is 1.69 bits per heavy atom. The van der Waals surface area contributed by atoms with Gasteiger partial charge in [-0.3, -0.25) is 10.1 Å². The highest BCUT2D eigenvalue weighted by molar-refractivity contribution is 5.86. The Hall–Kier alpha value is -2.57. The number of nitrogens with one attached hydrogen (secondary N) is 2. The number of hydrogen-bond donors (Lipinski definition) is 3. The minimum Gasteiger partial charge on any atom is -0.480 e. The number of carboxylic acid groups (broad SMARTS) is 1. The van der Waals surface area contributed by atoms with E-state index in [1.807, 2.05) is 13.8 Å². The van der Waals surface area contributed by atoms with Crippen LogP contribution in [0.2, 0.25) is 0 Å². The number of hydrogen-bond acceptors (Lipinski definition) is 4. The molecule has 0 unspecified atom stereocenters. The third-order valence-electron chi connectivity index (χ3n) is 3.30. The molecular weight excluding hydrogens is 336 g/mol. The lowest BCUT2D eigenvalue weighted by Gasteiger charge is -2.19. The number of carboxylic acids is 1. The van der Waals surface area contributed by atoms with Crippen molar-refractivity contribution in [3.8, 4) is 0 Å². The Kier molecular flexibility index (Phi) is 7.61. The second-order valence-electron chi connectivity index (χ2n) is 7.59. The summed E-state index contributed by atoms with van der Waals surface area (Å²) in [5.74, 6) is -1.23. The molecule has 144 valence electrons. The fraction of sp³-hybridized carbons (Fsp3) is 0.526. The highest BCUT2D eigenvalue weighted by Crippen LogP contribution is 2.13. The van der Waals surface area contributed by atoms with Crippen LogP contribution in [-0.2, 0) is 20.7 Å². The fourth-order valence-electron chi connectivity index (χ4n) is 2.25. The van der Waals surface area contributed by atoms with Crippen LogP contribution in [0.15, 0.2) is 24.3 Å². The second-order valence-corrected chi connectivity index (χ2v) is 7.59. The standard InChI is InChI=1S/C19H28N2O5/c1-12(2)10-15(17(23)24)21-16(22)11-13-6-8-14(9-7-13)20-18(25)26-19(3,4)5/h6-9,12,15H,10-11H2,1-5H3,(H,20,25)(H,21,22)(H,23,24)/t15-/m0/s1. The number of amides is 2. The highest BCUT2D eigenvalue weighted by atomic mass is 16.6. The predicted octanol–water partition coefficient (Wildman–Crippen LogP) is 3.19. The number of benzene rings is 1. The first-order valence-electron chi connectivity index (χ1n) is 8.57. The van der Waals surface area contributed by atoms with Crippen LogP contribution in [-0.4, -0.2) is 34.7 Å². The van der Waals surface area contributed by atoms with Crippen molar-refractivity contribution in [2.24, 2.45) is 5.92 Å². The van der Waals surface area contributed by atoms with E-state index in [1.165, 1.54) is 0 Å². The molecule has 0 aliphatic rings.